The summed E-state index contributed by atoms with van der Waals surface area (Å²) in [7, 11) is 0. The largest absolute Gasteiger partial charge is 0.506 e. The number of hydrogen-bond donors (Lipinski definition) is 1. The monoisotopic (exact) mass is 350 g/mol. The molecule has 0 radical (unpaired) electrons. The molecule has 1 aromatic heterocycles. The van der Waals surface area contributed by atoms with Crippen molar-refractivity contribution in [1.82, 2.24) is 4.98 Å². The first-order valence-corrected chi connectivity index (χ1v) is 8.75. The van der Waals surface area contributed by atoms with Crippen LogP contribution in [0.25, 0.3) is 22.4 Å². The van der Waals surface area contributed by atoms with Gasteiger partial charge in [-0.2, -0.15) is 0 Å². The summed E-state index contributed by atoms with van der Waals surface area (Å²) in [4.78, 5) is 9.10. The molecule has 27 heavy (non-hydrogen) atoms. The minimum absolute atomic E-state index is 0.152. The van der Waals surface area contributed by atoms with Gasteiger partial charge >= 0.3 is 0 Å². The average Bonchev–Trinajstić information content (AvgIpc) is 2.74. The van der Waals surface area contributed by atoms with Gasteiger partial charge in [0.1, 0.15) is 11.4 Å². The Morgan fingerprint density at radius 2 is 1.37 bits per heavy atom. The van der Waals surface area contributed by atoms with Crippen LogP contribution in [-0.4, -0.2) is 16.3 Å². The minimum atomic E-state index is 0.152. The van der Waals surface area contributed by atoms with E-state index in [9.17, 15) is 5.11 Å². The molecule has 0 spiro atoms. The summed E-state index contributed by atoms with van der Waals surface area (Å²) >= 11 is 0. The molecule has 0 fully saturated rings. The number of benzene rings is 3. The average molecular weight is 350 g/mol. The van der Waals surface area contributed by atoms with E-state index in [2.05, 4.69) is 29.3 Å². The third kappa shape index (κ3) is 3.77. The molecule has 0 saturated heterocycles. The van der Waals surface area contributed by atoms with Gasteiger partial charge in [-0.15, -0.1) is 0 Å². The molecule has 130 valence electrons. The van der Waals surface area contributed by atoms with Gasteiger partial charge in [-0.1, -0.05) is 72.8 Å². The van der Waals surface area contributed by atoms with Gasteiger partial charge in [-0.25, -0.2) is 4.98 Å². The summed E-state index contributed by atoms with van der Waals surface area (Å²) in [6.07, 6.45) is 1.67. The highest BCUT2D eigenvalue weighted by molar-refractivity contribution is 5.85. The van der Waals surface area contributed by atoms with Gasteiger partial charge < -0.3 is 5.11 Å². The van der Waals surface area contributed by atoms with E-state index in [4.69, 9.17) is 4.98 Å². The number of aliphatic imine (C=N–C) groups is 1. The Morgan fingerprint density at radius 3 is 2.19 bits per heavy atom. The van der Waals surface area contributed by atoms with Crippen molar-refractivity contribution in [1.29, 1.82) is 0 Å². The number of para-hydroxylation sites is 2. The molecule has 0 amide bonds. The van der Waals surface area contributed by atoms with Gasteiger partial charge in [-0.3, -0.25) is 4.99 Å². The Kier molecular flexibility index (Phi) is 4.75. The second-order valence-corrected chi connectivity index (χ2v) is 6.11. The standard InChI is InChI=1S/C24H18N2O/c27-24-16-7-6-14-23(24)25-17-19-11-8-15-22(26-19)21-13-5-4-12-20(21)18-9-2-1-3-10-18/h1-17,27H/b25-17+. The number of rotatable bonds is 4. The number of nitrogens with zero attached hydrogens (tertiary/aromatic N) is 2. The first kappa shape index (κ1) is 16.7. The Bertz CT molecular complexity index is 1090. The molecule has 0 bridgehead atoms. The van der Waals surface area contributed by atoms with Crippen LogP contribution in [0.1, 0.15) is 5.69 Å². The molecule has 0 unspecified atom stereocenters. The van der Waals surface area contributed by atoms with Crippen molar-refractivity contribution < 1.29 is 5.11 Å². The molecule has 3 heteroatoms. The van der Waals surface area contributed by atoms with Gasteiger partial charge in [-0.05, 0) is 35.4 Å². The zero-order chi connectivity index (χ0) is 18.5. The van der Waals surface area contributed by atoms with Gasteiger partial charge in [0.25, 0.3) is 0 Å². The van der Waals surface area contributed by atoms with Crippen LogP contribution in [0.4, 0.5) is 5.69 Å². The highest BCUT2D eigenvalue weighted by Gasteiger charge is 2.08. The third-order valence-corrected chi connectivity index (χ3v) is 4.28. The highest BCUT2D eigenvalue weighted by Crippen LogP contribution is 2.31. The Hall–Kier alpha value is -3.72. The summed E-state index contributed by atoms with van der Waals surface area (Å²) in [5.74, 6) is 0.152. The quantitative estimate of drug-likeness (QED) is 0.468. The molecule has 0 saturated carbocycles. The Labute approximate surface area is 158 Å². The molecule has 0 aliphatic heterocycles. The van der Waals surface area contributed by atoms with Crippen molar-refractivity contribution in [3.05, 3.63) is 103 Å². The molecule has 3 nitrogen and oxygen atoms in total. The van der Waals surface area contributed by atoms with Crippen LogP contribution in [0.15, 0.2) is 102 Å². The van der Waals surface area contributed by atoms with Gasteiger partial charge in [0.15, 0.2) is 0 Å². The Balaban J connectivity index is 1.71. The molecule has 0 aliphatic carbocycles. The van der Waals surface area contributed by atoms with Crippen LogP contribution < -0.4 is 0 Å². The van der Waals surface area contributed by atoms with Crippen LogP contribution in [0.5, 0.6) is 5.75 Å². The first-order valence-electron chi connectivity index (χ1n) is 8.75. The third-order valence-electron chi connectivity index (χ3n) is 4.28. The van der Waals surface area contributed by atoms with Gasteiger partial charge in [0, 0.05) is 5.56 Å². The lowest BCUT2D eigenvalue weighted by Gasteiger charge is -2.10. The maximum atomic E-state index is 9.85. The van der Waals surface area contributed by atoms with Crippen molar-refractivity contribution >= 4 is 11.9 Å². The molecule has 3 aromatic carbocycles. The number of pyridine rings is 1. The number of phenols is 1. The highest BCUT2D eigenvalue weighted by atomic mass is 16.3. The van der Waals surface area contributed by atoms with Crippen molar-refractivity contribution in [2.45, 2.75) is 0 Å². The van der Waals surface area contributed by atoms with Gasteiger partial charge in [0.05, 0.1) is 17.6 Å². The van der Waals surface area contributed by atoms with Crippen molar-refractivity contribution in [2.24, 2.45) is 4.99 Å². The van der Waals surface area contributed by atoms with E-state index in [1.54, 1.807) is 24.4 Å². The lowest BCUT2D eigenvalue weighted by atomic mass is 9.97. The van der Waals surface area contributed by atoms with E-state index in [-0.39, 0.29) is 5.75 Å². The molecule has 0 aliphatic rings. The smallest absolute Gasteiger partial charge is 0.141 e. The van der Waals surface area contributed by atoms with Crippen molar-refractivity contribution in [3.8, 4) is 28.1 Å². The number of hydrogen-bond acceptors (Lipinski definition) is 3. The van der Waals surface area contributed by atoms with E-state index in [1.807, 2.05) is 54.6 Å². The molecule has 1 N–H and O–H groups in total. The fourth-order valence-electron chi connectivity index (χ4n) is 2.96. The van der Waals surface area contributed by atoms with Crippen LogP contribution in [0.3, 0.4) is 0 Å². The van der Waals surface area contributed by atoms with Gasteiger partial charge in [0.2, 0.25) is 0 Å². The summed E-state index contributed by atoms with van der Waals surface area (Å²) in [6, 6.07) is 31.4. The fourth-order valence-corrected chi connectivity index (χ4v) is 2.96. The van der Waals surface area contributed by atoms with E-state index in [0.29, 0.717) is 5.69 Å². The van der Waals surface area contributed by atoms with E-state index in [1.165, 1.54) is 0 Å². The predicted octanol–water partition coefficient (Wildman–Crippen LogP) is 5.87. The van der Waals surface area contributed by atoms with Crippen LogP contribution >= 0.6 is 0 Å². The second-order valence-electron chi connectivity index (χ2n) is 6.11. The second kappa shape index (κ2) is 7.67. The minimum Gasteiger partial charge on any atom is -0.506 e. The summed E-state index contributed by atoms with van der Waals surface area (Å²) in [5.41, 5.74) is 5.51. The molecule has 1 heterocycles. The van der Waals surface area contributed by atoms with Crippen LogP contribution in [-0.2, 0) is 0 Å². The predicted molar refractivity (Wildman–Crippen MR) is 110 cm³/mol. The maximum Gasteiger partial charge on any atom is 0.141 e. The van der Waals surface area contributed by atoms with E-state index >= 15 is 0 Å². The fraction of sp³-hybridized carbons (Fsp3) is 0. The first-order chi connectivity index (χ1) is 13.3. The van der Waals surface area contributed by atoms with Crippen molar-refractivity contribution in [3.63, 3.8) is 0 Å². The SMILES string of the molecule is Oc1ccccc1/N=C/c1cccc(-c2ccccc2-c2ccccc2)n1. The number of aromatic hydroxyl groups is 1. The Morgan fingerprint density at radius 1 is 0.667 bits per heavy atom. The summed E-state index contributed by atoms with van der Waals surface area (Å²) in [6.45, 7) is 0. The molecular formula is C24H18N2O. The lowest BCUT2D eigenvalue weighted by Crippen LogP contribution is -1.92. The normalized spacial score (nSPS) is 11.0. The zero-order valence-electron chi connectivity index (χ0n) is 14.7. The van der Waals surface area contributed by atoms with E-state index in [0.717, 1.165) is 28.1 Å². The maximum absolute atomic E-state index is 9.85. The van der Waals surface area contributed by atoms with E-state index < -0.39 is 0 Å². The molecule has 4 rings (SSSR count). The number of phenolic OH excluding ortho intramolecular Hbond substituents is 1. The lowest BCUT2D eigenvalue weighted by molar-refractivity contribution is 0.477. The molecule has 0 atom stereocenters. The zero-order valence-corrected chi connectivity index (χ0v) is 14.7. The summed E-state index contributed by atoms with van der Waals surface area (Å²) in [5, 5.41) is 9.85. The van der Waals surface area contributed by atoms with Crippen molar-refractivity contribution in [2.75, 3.05) is 0 Å². The molecular weight excluding hydrogens is 332 g/mol. The molecule has 4 aromatic rings. The number of aromatic nitrogens is 1. The van der Waals surface area contributed by atoms with Crippen LogP contribution in [0.2, 0.25) is 0 Å². The summed E-state index contributed by atoms with van der Waals surface area (Å²) < 4.78 is 0. The van der Waals surface area contributed by atoms with Crippen LogP contribution in [0, 0.1) is 0 Å². The topological polar surface area (TPSA) is 45.5 Å².